The predicted octanol–water partition coefficient (Wildman–Crippen LogP) is 3.68. The molecule has 1 N–H and O–H groups in total. The number of amides is 1. The van der Waals surface area contributed by atoms with E-state index < -0.39 is 5.97 Å². The van der Waals surface area contributed by atoms with Crippen LogP contribution < -0.4 is 4.90 Å². The molecule has 0 bridgehead atoms. The summed E-state index contributed by atoms with van der Waals surface area (Å²) in [6.45, 7) is 2.33. The minimum atomic E-state index is -0.844. The van der Waals surface area contributed by atoms with Crippen molar-refractivity contribution >= 4 is 17.6 Å². The number of carbonyl (C=O) groups excluding carboxylic acids is 1. The minimum absolute atomic E-state index is 0.0207. The summed E-state index contributed by atoms with van der Waals surface area (Å²) in [6, 6.07) is 15.9. The van der Waals surface area contributed by atoms with Gasteiger partial charge in [-0.15, -0.1) is 0 Å². The Balaban J connectivity index is 1.53. The number of piperidine rings is 1. The number of carboxylic acid groups (broad SMARTS) is 1. The Morgan fingerprint density at radius 3 is 2.44 bits per heavy atom. The summed E-state index contributed by atoms with van der Waals surface area (Å²) in [6.07, 6.45) is 2.70. The van der Waals surface area contributed by atoms with Crippen molar-refractivity contribution in [1.82, 2.24) is 4.90 Å². The molecule has 0 radical (unpaired) electrons. The maximum atomic E-state index is 13.1. The fourth-order valence-electron chi connectivity index (χ4n) is 4.20. The highest BCUT2D eigenvalue weighted by molar-refractivity contribution is 5.95. The highest BCUT2D eigenvalue weighted by Crippen LogP contribution is 2.29. The standard InChI is InChI=1S/C22H24N2O3/c25-21(26)13-20-9-3-4-11-24(20)22(27)16-8-5-10-19(12-16)23-14-17-6-1-2-7-18(17)15-23/h1-2,5-8,10,12,20H,3-4,9,11,13-15H2,(H,25,26)/t20-/m1/s1. The largest absolute Gasteiger partial charge is 0.481 e. The average Bonchev–Trinajstić information content (AvgIpc) is 3.12. The van der Waals surface area contributed by atoms with E-state index in [0.29, 0.717) is 12.1 Å². The second-order valence-corrected chi connectivity index (χ2v) is 7.42. The van der Waals surface area contributed by atoms with Crippen LogP contribution in [0.15, 0.2) is 48.5 Å². The van der Waals surface area contributed by atoms with Gasteiger partial charge in [-0.1, -0.05) is 30.3 Å². The van der Waals surface area contributed by atoms with Crippen LogP contribution in [0.4, 0.5) is 5.69 Å². The van der Waals surface area contributed by atoms with Crippen LogP contribution in [0.25, 0.3) is 0 Å². The first-order valence-corrected chi connectivity index (χ1v) is 9.56. The number of aliphatic carboxylic acids is 1. The van der Waals surface area contributed by atoms with E-state index in [0.717, 1.165) is 38.0 Å². The molecule has 2 aromatic carbocycles. The molecule has 0 spiro atoms. The number of carbonyl (C=O) groups is 2. The molecule has 0 aliphatic carbocycles. The van der Waals surface area contributed by atoms with Crippen molar-refractivity contribution in [3.05, 3.63) is 65.2 Å². The molecule has 2 heterocycles. The summed E-state index contributed by atoms with van der Waals surface area (Å²) in [5.41, 5.74) is 4.32. The van der Waals surface area contributed by atoms with Gasteiger partial charge in [0.2, 0.25) is 0 Å². The van der Waals surface area contributed by atoms with Gasteiger partial charge in [-0.3, -0.25) is 9.59 Å². The molecule has 2 aliphatic heterocycles. The van der Waals surface area contributed by atoms with Gasteiger partial charge in [0.1, 0.15) is 0 Å². The Hall–Kier alpha value is -2.82. The zero-order valence-corrected chi connectivity index (χ0v) is 15.3. The Bertz CT molecular complexity index is 839. The van der Waals surface area contributed by atoms with Gasteiger partial charge in [-0.25, -0.2) is 0 Å². The van der Waals surface area contributed by atoms with Crippen LogP contribution in [0.5, 0.6) is 0 Å². The zero-order valence-electron chi connectivity index (χ0n) is 15.3. The first-order valence-electron chi connectivity index (χ1n) is 9.56. The molecule has 1 saturated heterocycles. The lowest BCUT2D eigenvalue weighted by molar-refractivity contribution is -0.138. The number of carboxylic acids is 1. The van der Waals surface area contributed by atoms with Crippen LogP contribution in [0.2, 0.25) is 0 Å². The second-order valence-electron chi connectivity index (χ2n) is 7.42. The van der Waals surface area contributed by atoms with Gasteiger partial charge >= 0.3 is 5.97 Å². The quantitative estimate of drug-likeness (QED) is 0.899. The molecule has 2 aromatic rings. The first kappa shape index (κ1) is 17.6. The van der Waals surface area contributed by atoms with Crippen LogP contribution in [0.3, 0.4) is 0 Å². The highest BCUT2D eigenvalue weighted by Gasteiger charge is 2.29. The molecule has 0 saturated carbocycles. The molecule has 27 heavy (non-hydrogen) atoms. The number of rotatable bonds is 4. The van der Waals surface area contributed by atoms with E-state index in [4.69, 9.17) is 5.11 Å². The monoisotopic (exact) mass is 364 g/mol. The first-order chi connectivity index (χ1) is 13.1. The van der Waals surface area contributed by atoms with Crippen molar-refractivity contribution < 1.29 is 14.7 Å². The van der Waals surface area contributed by atoms with E-state index in [2.05, 4.69) is 29.2 Å². The lowest BCUT2D eigenvalue weighted by Crippen LogP contribution is -2.44. The second kappa shape index (κ2) is 7.43. The fraction of sp³-hybridized carbons (Fsp3) is 0.364. The summed E-state index contributed by atoms with van der Waals surface area (Å²) in [4.78, 5) is 28.3. The van der Waals surface area contributed by atoms with Crippen molar-refractivity contribution in [2.24, 2.45) is 0 Å². The van der Waals surface area contributed by atoms with Crippen LogP contribution >= 0.6 is 0 Å². The van der Waals surface area contributed by atoms with Crippen LogP contribution in [-0.2, 0) is 17.9 Å². The van der Waals surface area contributed by atoms with Crippen LogP contribution in [-0.4, -0.2) is 34.5 Å². The Morgan fingerprint density at radius 1 is 1.00 bits per heavy atom. The summed E-state index contributed by atoms with van der Waals surface area (Å²) in [5, 5.41) is 9.16. The number of nitrogens with zero attached hydrogens (tertiary/aromatic N) is 2. The SMILES string of the molecule is O=C(O)C[C@H]1CCCCN1C(=O)c1cccc(N2Cc3ccccc3C2)c1. The molecule has 140 valence electrons. The van der Waals surface area contributed by atoms with Crippen molar-refractivity contribution in [1.29, 1.82) is 0 Å². The maximum absolute atomic E-state index is 13.1. The number of hydrogen-bond acceptors (Lipinski definition) is 3. The van der Waals surface area contributed by atoms with Gasteiger partial charge in [0.25, 0.3) is 5.91 Å². The molecule has 2 aliphatic rings. The van der Waals surface area contributed by atoms with Crippen LogP contribution in [0.1, 0.15) is 47.2 Å². The van der Waals surface area contributed by atoms with E-state index >= 15 is 0 Å². The van der Waals surface area contributed by atoms with Gasteiger partial charge in [-0.2, -0.15) is 0 Å². The lowest BCUT2D eigenvalue weighted by atomic mass is 9.98. The van der Waals surface area contributed by atoms with Crippen LogP contribution in [0, 0.1) is 0 Å². The number of likely N-dealkylation sites (tertiary alicyclic amines) is 1. The molecule has 0 unspecified atom stereocenters. The molecule has 5 heteroatoms. The third kappa shape index (κ3) is 3.68. The number of anilines is 1. The third-order valence-electron chi connectivity index (χ3n) is 5.60. The smallest absolute Gasteiger partial charge is 0.305 e. The van der Waals surface area contributed by atoms with Crippen molar-refractivity contribution in [3.8, 4) is 0 Å². The third-order valence-corrected chi connectivity index (χ3v) is 5.60. The molecular formula is C22H24N2O3. The molecule has 1 fully saturated rings. The molecule has 1 amide bonds. The lowest BCUT2D eigenvalue weighted by Gasteiger charge is -2.35. The normalized spacial score (nSPS) is 19.0. The summed E-state index contributed by atoms with van der Waals surface area (Å²) in [5.74, 6) is -0.900. The van der Waals surface area contributed by atoms with Gasteiger partial charge in [0, 0.05) is 36.9 Å². The topological polar surface area (TPSA) is 60.9 Å². The summed E-state index contributed by atoms with van der Waals surface area (Å²) in [7, 11) is 0. The molecule has 5 nitrogen and oxygen atoms in total. The van der Waals surface area contributed by atoms with E-state index in [1.807, 2.05) is 24.3 Å². The van der Waals surface area contributed by atoms with Crippen molar-refractivity contribution in [3.63, 3.8) is 0 Å². The highest BCUT2D eigenvalue weighted by atomic mass is 16.4. The molecular weight excluding hydrogens is 340 g/mol. The number of fused-ring (bicyclic) bond motifs is 1. The summed E-state index contributed by atoms with van der Waals surface area (Å²) < 4.78 is 0. The van der Waals surface area contributed by atoms with Crippen molar-refractivity contribution in [2.75, 3.05) is 11.4 Å². The number of hydrogen-bond donors (Lipinski definition) is 1. The van der Waals surface area contributed by atoms with E-state index in [1.165, 1.54) is 11.1 Å². The molecule has 0 aromatic heterocycles. The van der Waals surface area contributed by atoms with Gasteiger partial charge in [0.05, 0.1) is 6.42 Å². The fourth-order valence-corrected chi connectivity index (χ4v) is 4.20. The van der Waals surface area contributed by atoms with Crippen molar-refractivity contribution in [2.45, 2.75) is 44.8 Å². The molecule has 4 rings (SSSR count). The van der Waals surface area contributed by atoms with Gasteiger partial charge in [0.15, 0.2) is 0 Å². The Labute approximate surface area is 159 Å². The van der Waals surface area contributed by atoms with Gasteiger partial charge in [-0.05, 0) is 48.6 Å². The zero-order chi connectivity index (χ0) is 18.8. The average molecular weight is 364 g/mol. The summed E-state index contributed by atoms with van der Waals surface area (Å²) >= 11 is 0. The van der Waals surface area contributed by atoms with E-state index in [-0.39, 0.29) is 18.4 Å². The Morgan fingerprint density at radius 2 is 1.74 bits per heavy atom. The maximum Gasteiger partial charge on any atom is 0.305 e. The van der Waals surface area contributed by atoms with E-state index in [1.54, 1.807) is 4.90 Å². The predicted molar refractivity (Wildman–Crippen MR) is 104 cm³/mol. The van der Waals surface area contributed by atoms with Gasteiger partial charge < -0.3 is 14.9 Å². The Kier molecular flexibility index (Phi) is 4.84. The minimum Gasteiger partial charge on any atom is -0.481 e. The van der Waals surface area contributed by atoms with E-state index in [9.17, 15) is 9.59 Å². The molecule has 1 atom stereocenters. The number of benzene rings is 2.